The van der Waals surface area contributed by atoms with Gasteiger partial charge in [0.05, 0.1) is 0 Å². The van der Waals surface area contributed by atoms with Crippen LogP contribution in [0, 0.1) is 5.92 Å². The first kappa shape index (κ1) is 14.6. The van der Waals surface area contributed by atoms with Gasteiger partial charge in [-0.2, -0.15) is 0 Å². The molecular weight excluding hydrogens is 310 g/mol. The molecule has 0 saturated heterocycles. The minimum absolute atomic E-state index is 0.760. The van der Waals surface area contributed by atoms with Crippen LogP contribution in [0.4, 0.5) is 0 Å². The fourth-order valence-electron chi connectivity index (χ4n) is 3.81. The van der Waals surface area contributed by atoms with Gasteiger partial charge in [-0.3, -0.25) is 0 Å². The Morgan fingerprint density at radius 2 is 1.80 bits per heavy atom. The molecular formula is C18H26BrN. The monoisotopic (exact) mass is 335 g/mol. The van der Waals surface area contributed by atoms with Gasteiger partial charge in [0.2, 0.25) is 0 Å². The molecule has 0 aliphatic heterocycles. The van der Waals surface area contributed by atoms with Gasteiger partial charge in [-0.25, -0.2) is 0 Å². The highest BCUT2D eigenvalue weighted by molar-refractivity contribution is 9.10. The Balaban J connectivity index is 1.35. The second kappa shape index (κ2) is 7.09. The van der Waals surface area contributed by atoms with Gasteiger partial charge < -0.3 is 5.32 Å². The molecule has 0 amide bonds. The van der Waals surface area contributed by atoms with E-state index in [0.29, 0.717) is 0 Å². The maximum absolute atomic E-state index is 3.77. The summed E-state index contributed by atoms with van der Waals surface area (Å²) in [7, 11) is 0. The minimum Gasteiger partial charge on any atom is -0.314 e. The predicted molar refractivity (Wildman–Crippen MR) is 89.1 cm³/mol. The molecule has 1 aromatic carbocycles. The van der Waals surface area contributed by atoms with E-state index in [1.807, 2.05) is 0 Å². The van der Waals surface area contributed by atoms with Crippen LogP contribution in [0.1, 0.15) is 62.8 Å². The third-order valence-corrected chi connectivity index (χ3v) is 5.92. The summed E-state index contributed by atoms with van der Waals surface area (Å²) in [4.78, 5) is 0. The van der Waals surface area contributed by atoms with Crippen molar-refractivity contribution in [3.63, 3.8) is 0 Å². The van der Waals surface area contributed by atoms with Crippen LogP contribution < -0.4 is 5.32 Å². The highest BCUT2D eigenvalue weighted by atomic mass is 79.9. The van der Waals surface area contributed by atoms with Crippen LogP contribution in [0.5, 0.6) is 0 Å². The van der Waals surface area contributed by atoms with Crippen molar-refractivity contribution in [1.82, 2.24) is 5.32 Å². The number of hydrogen-bond donors (Lipinski definition) is 1. The summed E-state index contributed by atoms with van der Waals surface area (Å²) >= 11 is 3.68. The Kier molecular flexibility index (Phi) is 5.17. The second-order valence-electron chi connectivity index (χ2n) is 6.63. The van der Waals surface area contributed by atoms with Gasteiger partial charge in [0.1, 0.15) is 0 Å². The molecule has 0 bridgehead atoms. The molecule has 0 radical (unpaired) electrons. The zero-order chi connectivity index (χ0) is 13.8. The van der Waals surface area contributed by atoms with E-state index < -0.39 is 0 Å². The third kappa shape index (κ3) is 3.65. The van der Waals surface area contributed by atoms with Gasteiger partial charge >= 0.3 is 0 Å². The second-order valence-corrected chi connectivity index (χ2v) is 7.49. The van der Waals surface area contributed by atoms with Crippen LogP contribution >= 0.6 is 15.9 Å². The van der Waals surface area contributed by atoms with Crippen LogP contribution in [-0.2, 0) is 0 Å². The van der Waals surface area contributed by atoms with Crippen molar-refractivity contribution in [2.45, 2.75) is 63.3 Å². The van der Waals surface area contributed by atoms with E-state index in [2.05, 4.69) is 45.5 Å². The van der Waals surface area contributed by atoms with Crippen molar-refractivity contribution in [3.8, 4) is 0 Å². The topological polar surface area (TPSA) is 12.0 Å². The normalized spacial score (nSPS) is 27.2. The van der Waals surface area contributed by atoms with E-state index in [0.717, 1.165) is 17.9 Å². The van der Waals surface area contributed by atoms with E-state index in [4.69, 9.17) is 0 Å². The number of benzene rings is 1. The number of halogens is 1. The smallest absolute Gasteiger partial charge is 0.0210 e. The van der Waals surface area contributed by atoms with Crippen LogP contribution in [0.3, 0.4) is 0 Å². The number of rotatable bonds is 5. The van der Waals surface area contributed by atoms with Gasteiger partial charge in [-0.05, 0) is 49.3 Å². The molecule has 2 aliphatic rings. The third-order valence-electron chi connectivity index (χ3n) is 5.19. The molecule has 1 nitrogen and oxygen atoms in total. The average molecular weight is 336 g/mol. The van der Waals surface area contributed by atoms with Crippen molar-refractivity contribution >= 4 is 15.9 Å². The first-order chi connectivity index (χ1) is 9.83. The van der Waals surface area contributed by atoms with Gasteiger partial charge in [0, 0.05) is 10.5 Å². The molecule has 0 unspecified atom stereocenters. The van der Waals surface area contributed by atoms with Crippen LogP contribution in [0.2, 0.25) is 0 Å². The molecule has 0 heterocycles. The molecule has 1 N–H and O–H groups in total. The van der Waals surface area contributed by atoms with Crippen LogP contribution in [0.25, 0.3) is 0 Å². The lowest BCUT2D eigenvalue weighted by molar-refractivity contribution is 0.270. The van der Waals surface area contributed by atoms with Gasteiger partial charge in [-0.15, -0.1) is 0 Å². The molecule has 2 saturated carbocycles. The molecule has 0 aromatic heterocycles. The summed E-state index contributed by atoms with van der Waals surface area (Å²) in [6.45, 7) is 1.23. The van der Waals surface area contributed by atoms with Crippen molar-refractivity contribution in [1.29, 1.82) is 0 Å². The lowest BCUT2D eigenvalue weighted by atomic mass is 9.76. The van der Waals surface area contributed by atoms with Crippen molar-refractivity contribution in [2.24, 2.45) is 5.92 Å². The summed E-state index contributed by atoms with van der Waals surface area (Å²) in [6, 6.07) is 9.46. The summed E-state index contributed by atoms with van der Waals surface area (Å²) in [5.41, 5.74) is 1.50. The molecule has 2 aliphatic carbocycles. The molecule has 2 heteroatoms. The van der Waals surface area contributed by atoms with E-state index in [-0.39, 0.29) is 0 Å². The highest BCUT2D eigenvalue weighted by Gasteiger charge is 2.30. The van der Waals surface area contributed by atoms with Crippen molar-refractivity contribution in [3.05, 3.63) is 34.3 Å². The summed E-state index contributed by atoms with van der Waals surface area (Å²) < 4.78 is 1.28. The maximum atomic E-state index is 3.77. The summed E-state index contributed by atoms with van der Waals surface area (Å²) in [5.74, 6) is 1.77. The fourth-order valence-corrected chi connectivity index (χ4v) is 4.42. The Morgan fingerprint density at radius 3 is 2.55 bits per heavy atom. The van der Waals surface area contributed by atoms with Crippen LogP contribution in [0.15, 0.2) is 28.7 Å². The molecule has 3 rings (SSSR count). The Bertz CT molecular complexity index is 419. The number of hydrogen-bond acceptors (Lipinski definition) is 1. The Morgan fingerprint density at radius 1 is 1.05 bits per heavy atom. The first-order valence-corrected chi connectivity index (χ1v) is 9.10. The van der Waals surface area contributed by atoms with E-state index in [1.165, 1.54) is 67.9 Å². The Hall–Kier alpha value is -0.340. The molecule has 20 heavy (non-hydrogen) atoms. The zero-order valence-corrected chi connectivity index (χ0v) is 13.9. The first-order valence-electron chi connectivity index (χ1n) is 8.30. The van der Waals surface area contributed by atoms with Gasteiger partial charge in [-0.1, -0.05) is 66.2 Å². The largest absolute Gasteiger partial charge is 0.314 e. The molecule has 110 valence electrons. The SMILES string of the molecule is Brc1ccccc1C1CC(NCCC2CCCCC2)C1. The maximum Gasteiger partial charge on any atom is 0.0210 e. The standard InChI is InChI=1S/C18H26BrN/c19-18-9-5-4-8-17(18)15-12-16(13-15)20-11-10-14-6-2-1-3-7-14/h4-5,8-9,14-16,20H,1-3,6-7,10-13H2. The van der Waals surface area contributed by atoms with E-state index >= 15 is 0 Å². The average Bonchev–Trinajstić information content (AvgIpc) is 2.44. The Labute approximate surface area is 131 Å². The van der Waals surface area contributed by atoms with Gasteiger partial charge in [0.15, 0.2) is 0 Å². The molecule has 2 fully saturated rings. The molecule has 0 atom stereocenters. The minimum atomic E-state index is 0.760. The van der Waals surface area contributed by atoms with Crippen molar-refractivity contribution < 1.29 is 0 Å². The lowest BCUT2D eigenvalue weighted by Gasteiger charge is -2.37. The number of nitrogens with one attached hydrogen (secondary N) is 1. The quantitative estimate of drug-likeness (QED) is 0.774. The lowest BCUT2D eigenvalue weighted by Crippen LogP contribution is -2.41. The van der Waals surface area contributed by atoms with E-state index in [1.54, 1.807) is 0 Å². The fraction of sp³-hybridized carbons (Fsp3) is 0.667. The van der Waals surface area contributed by atoms with E-state index in [9.17, 15) is 0 Å². The molecule has 0 spiro atoms. The highest BCUT2D eigenvalue weighted by Crippen LogP contribution is 2.40. The van der Waals surface area contributed by atoms with Crippen LogP contribution in [-0.4, -0.2) is 12.6 Å². The van der Waals surface area contributed by atoms with Gasteiger partial charge in [0.25, 0.3) is 0 Å². The summed E-state index contributed by atoms with van der Waals surface area (Å²) in [6.07, 6.45) is 11.4. The van der Waals surface area contributed by atoms with Crippen molar-refractivity contribution in [2.75, 3.05) is 6.54 Å². The predicted octanol–water partition coefficient (Wildman–Crippen LogP) is 5.26. The summed E-state index contributed by atoms with van der Waals surface area (Å²) in [5, 5.41) is 3.77. The zero-order valence-electron chi connectivity index (χ0n) is 12.3. The molecule has 1 aromatic rings.